The second-order valence-corrected chi connectivity index (χ2v) is 6.34. The summed E-state index contributed by atoms with van der Waals surface area (Å²) < 4.78 is 0. The number of benzene rings is 1. The van der Waals surface area contributed by atoms with E-state index in [0.29, 0.717) is 12.8 Å². The number of hydrogen-bond acceptors (Lipinski definition) is 2. The van der Waals surface area contributed by atoms with Crippen molar-refractivity contribution in [3.8, 4) is 0 Å². The van der Waals surface area contributed by atoms with E-state index < -0.39 is 4.87 Å². The number of hydrogen-bond donors (Lipinski definition) is 2. The number of aryl methyl sites for hydroxylation is 1. The van der Waals surface area contributed by atoms with Gasteiger partial charge in [0.2, 0.25) is 0 Å². The van der Waals surface area contributed by atoms with Crippen LogP contribution in [0.25, 0.3) is 0 Å². The lowest BCUT2D eigenvalue weighted by molar-refractivity contribution is -0.123. The van der Waals surface area contributed by atoms with Crippen molar-refractivity contribution in [1.29, 1.82) is 0 Å². The number of unbranched alkanes of at least 4 members (excludes halogenated alkanes) is 2. The fraction of sp³-hybridized carbons (Fsp3) is 0.588. The van der Waals surface area contributed by atoms with E-state index in [0.717, 1.165) is 31.4 Å². The molecule has 0 unspecified atom stereocenters. The highest BCUT2D eigenvalue weighted by molar-refractivity contribution is 6.34. The number of hydrazine groups is 1. The molecule has 1 aromatic rings. The topological polar surface area (TPSA) is 41.1 Å². The first kappa shape index (κ1) is 17.8. The highest BCUT2D eigenvalue weighted by Crippen LogP contribution is 2.29. The minimum absolute atomic E-state index is 0.133. The molecule has 1 amide bonds. The average Bonchev–Trinajstić information content (AvgIpc) is 2.50. The molecule has 0 saturated carbocycles. The lowest BCUT2D eigenvalue weighted by atomic mass is 9.94. The Hall–Kier alpha value is -1.22. The van der Waals surface area contributed by atoms with Gasteiger partial charge in [-0.15, -0.1) is 11.6 Å². The van der Waals surface area contributed by atoms with E-state index in [2.05, 4.69) is 24.7 Å². The highest BCUT2D eigenvalue weighted by atomic mass is 35.5. The van der Waals surface area contributed by atoms with Crippen molar-refractivity contribution in [2.45, 2.75) is 64.2 Å². The molecule has 0 aliphatic rings. The maximum Gasteiger partial charge on any atom is 0.259 e. The number of nitrogens with one attached hydrogen (secondary N) is 2. The monoisotopic (exact) mass is 310 g/mol. The van der Waals surface area contributed by atoms with Crippen LogP contribution in [-0.4, -0.2) is 10.8 Å². The molecule has 0 atom stereocenters. The number of amides is 1. The molecule has 0 saturated heterocycles. The largest absolute Gasteiger partial charge is 0.299 e. The summed E-state index contributed by atoms with van der Waals surface area (Å²) in [7, 11) is 0. The van der Waals surface area contributed by atoms with E-state index >= 15 is 0 Å². The normalized spacial score (nSPS) is 11.2. The van der Waals surface area contributed by atoms with Gasteiger partial charge in [0.1, 0.15) is 4.87 Å². The Morgan fingerprint density at radius 1 is 1.10 bits per heavy atom. The third-order valence-corrected chi connectivity index (χ3v) is 4.18. The van der Waals surface area contributed by atoms with E-state index in [1.54, 1.807) is 0 Å². The smallest absolute Gasteiger partial charge is 0.259 e. The molecule has 118 valence electrons. The van der Waals surface area contributed by atoms with Crippen LogP contribution in [0, 0.1) is 6.92 Å². The summed E-state index contributed by atoms with van der Waals surface area (Å²) >= 11 is 6.59. The fourth-order valence-corrected chi connectivity index (χ4v) is 2.46. The first-order chi connectivity index (χ1) is 10.0. The van der Waals surface area contributed by atoms with E-state index in [1.807, 2.05) is 31.2 Å². The fourth-order valence-electron chi connectivity index (χ4n) is 2.14. The van der Waals surface area contributed by atoms with E-state index in [4.69, 9.17) is 11.6 Å². The van der Waals surface area contributed by atoms with Crippen LogP contribution >= 0.6 is 11.6 Å². The van der Waals surface area contributed by atoms with Gasteiger partial charge in [-0.3, -0.25) is 15.6 Å². The number of anilines is 1. The van der Waals surface area contributed by atoms with Crippen LogP contribution in [-0.2, 0) is 4.79 Å². The molecule has 0 spiro atoms. The van der Waals surface area contributed by atoms with Gasteiger partial charge in [-0.2, -0.15) is 0 Å². The van der Waals surface area contributed by atoms with E-state index in [-0.39, 0.29) is 5.91 Å². The molecule has 21 heavy (non-hydrogen) atoms. The van der Waals surface area contributed by atoms with Crippen LogP contribution in [0.3, 0.4) is 0 Å². The van der Waals surface area contributed by atoms with Crippen LogP contribution in [0.15, 0.2) is 24.3 Å². The maximum absolute atomic E-state index is 12.4. The lowest BCUT2D eigenvalue weighted by Gasteiger charge is -2.26. The summed E-state index contributed by atoms with van der Waals surface area (Å²) in [5, 5.41) is 0. The number of carbonyl (C=O) groups is 1. The Morgan fingerprint density at radius 3 is 2.10 bits per heavy atom. The number of carbonyl (C=O) groups excluding carboxylic acids is 1. The molecule has 4 heteroatoms. The van der Waals surface area contributed by atoms with Crippen molar-refractivity contribution >= 4 is 23.2 Å². The summed E-state index contributed by atoms with van der Waals surface area (Å²) in [6, 6.07) is 7.86. The van der Waals surface area contributed by atoms with Crippen molar-refractivity contribution < 1.29 is 4.79 Å². The maximum atomic E-state index is 12.4. The summed E-state index contributed by atoms with van der Waals surface area (Å²) in [5.41, 5.74) is 7.75. The van der Waals surface area contributed by atoms with Gasteiger partial charge in [-0.25, -0.2) is 0 Å². The standard InChI is InChI=1S/C17H27ClN2O/c1-4-6-12-17(18,13-7-5-2)16(21)20-19-15-10-8-14(3)9-11-15/h8-11,19H,4-7,12-13H2,1-3H3,(H,20,21). The third kappa shape index (κ3) is 5.96. The second kappa shape index (κ2) is 8.93. The Morgan fingerprint density at radius 2 is 1.62 bits per heavy atom. The number of rotatable bonds is 9. The Balaban J connectivity index is 2.60. The zero-order valence-corrected chi connectivity index (χ0v) is 14.1. The first-order valence-electron chi connectivity index (χ1n) is 7.84. The molecule has 0 heterocycles. The third-order valence-electron chi connectivity index (χ3n) is 3.63. The van der Waals surface area contributed by atoms with Crippen molar-refractivity contribution in [2.24, 2.45) is 0 Å². The predicted octanol–water partition coefficient (Wildman–Crippen LogP) is 4.80. The van der Waals surface area contributed by atoms with E-state index in [9.17, 15) is 4.79 Å². The van der Waals surface area contributed by atoms with Crippen LogP contribution in [0.5, 0.6) is 0 Å². The van der Waals surface area contributed by atoms with Crippen LogP contribution < -0.4 is 10.9 Å². The number of halogens is 1. The van der Waals surface area contributed by atoms with Crippen molar-refractivity contribution in [1.82, 2.24) is 5.43 Å². The van der Waals surface area contributed by atoms with Crippen LogP contribution in [0.4, 0.5) is 5.69 Å². The second-order valence-electron chi connectivity index (χ2n) is 5.62. The Labute approximate surface area is 133 Å². The van der Waals surface area contributed by atoms with E-state index in [1.165, 1.54) is 5.56 Å². The van der Waals surface area contributed by atoms with Crippen LogP contribution in [0.1, 0.15) is 57.9 Å². The molecule has 0 fully saturated rings. The minimum Gasteiger partial charge on any atom is -0.299 e. The molecule has 1 aromatic carbocycles. The lowest BCUT2D eigenvalue weighted by Crippen LogP contribution is -2.45. The van der Waals surface area contributed by atoms with Crippen molar-refractivity contribution in [3.05, 3.63) is 29.8 Å². The number of alkyl halides is 1. The predicted molar refractivity (Wildman–Crippen MR) is 90.6 cm³/mol. The molecule has 0 radical (unpaired) electrons. The Kier molecular flexibility index (Phi) is 7.58. The minimum atomic E-state index is -0.802. The average molecular weight is 311 g/mol. The zero-order valence-electron chi connectivity index (χ0n) is 13.3. The molecular formula is C17H27ClN2O. The summed E-state index contributed by atoms with van der Waals surface area (Å²) in [6.07, 6.45) is 5.44. The van der Waals surface area contributed by atoms with Crippen molar-refractivity contribution in [3.63, 3.8) is 0 Å². The summed E-state index contributed by atoms with van der Waals surface area (Å²) in [4.78, 5) is 11.6. The molecule has 0 aliphatic carbocycles. The molecule has 2 N–H and O–H groups in total. The van der Waals surface area contributed by atoms with Gasteiger partial charge in [-0.05, 0) is 31.9 Å². The highest BCUT2D eigenvalue weighted by Gasteiger charge is 2.34. The van der Waals surface area contributed by atoms with Gasteiger partial charge >= 0.3 is 0 Å². The zero-order chi connectivity index (χ0) is 15.7. The van der Waals surface area contributed by atoms with Gasteiger partial charge in [0.05, 0.1) is 5.69 Å². The summed E-state index contributed by atoms with van der Waals surface area (Å²) in [6.45, 7) is 6.25. The Bertz CT molecular complexity index is 423. The van der Waals surface area contributed by atoms with Gasteiger partial charge in [0.15, 0.2) is 0 Å². The molecule has 0 aromatic heterocycles. The molecule has 0 bridgehead atoms. The van der Waals surface area contributed by atoms with Gasteiger partial charge < -0.3 is 0 Å². The van der Waals surface area contributed by atoms with Gasteiger partial charge in [0.25, 0.3) is 5.91 Å². The summed E-state index contributed by atoms with van der Waals surface area (Å²) in [5.74, 6) is -0.133. The van der Waals surface area contributed by atoms with Gasteiger partial charge in [-0.1, -0.05) is 57.2 Å². The first-order valence-corrected chi connectivity index (χ1v) is 8.21. The van der Waals surface area contributed by atoms with Crippen LogP contribution in [0.2, 0.25) is 0 Å². The molecular weight excluding hydrogens is 284 g/mol. The molecule has 1 rings (SSSR count). The SMILES string of the molecule is CCCCC(Cl)(CCCC)C(=O)NNc1ccc(C)cc1. The quantitative estimate of drug-likeness (QED) is 0.508. The molecule has 0 aliphatic heterocycles. The molecule has 3 nitrogen and oxygen atoms in total. The van der Waals surface area contributed by atoms with Gasteiger partial charge in [0, 0.05) is 0 Å². The van der Waals surface area contributed by atoms with Crippen molar-refractivity contribution in [2.75, 3.05) is 5.43 Å².